The average Bonchev–Trinajstić information content (AvgIpc) is 3.11. The van der Waals surface area contributed by atoms with E-state index in [0.717, 1.165) is 38.3 Å². The summed E-state index contributed by atoms with van der Waals surface area (Å²) in [5, 5.41) is 5.72. The summed E-state index contributed by atoms with van der Waals surface area (Å²) in [4.78, 5) is 29.3. The SMILES string of the molecule is CN1CCN(CCOc2ccccc2NC(=O)c2cccc3c2CC(=O)N3)CC1. The normalized spacial score (nSPS) is 16.9. The second-order valence-corrected chi connectivity index (χ2v) is 7.50. The van der Waals surface area contributed by atoms with Gasteiger partial charge in [0, 0.05) is 44.0 Å². The van der Waals surface area contributed by atoms with Crippen LogP contribution < -0.4 is 15.4 Å². The summed E-state index contributed by atoms with van der Waals surface area (Å²) in [6, 6.07) is 12.8. The predicted molar refractivity (Wildman–Crippen MR) is 113 cm³/mol. The number of nitrogens with zero attached hydrogens (tertiary/aromatic N) is 2. The topological polar surface area (TPSA) is 73.9 Å². The summed E-state index contributed by atoms with van der Waals surface area (Å²) in [5.41, 5.74) is 2.58. The van der Waals surface area contributed by atoms with E-state index in [1.54, 1.807) is 12.1 Å². The van der Waals surface area contributed by atoms with Crippen LogP contribution in [-0.2, 0) is 11.2 Å². The van der Waals surface area contributed by atoms with Gasteiger partial charge in [0.2, 0.25) is 5.91 Å². The molecule has 0 atom stereocenters. The molecule has 4 rings (SSSR count). The summed E-state index contributed by atoms with van der Waals surface area (Å²) >= 11 is 0. The third-order valence-electron chi connectivity index (χ3n) is 5.43. The lowest BCUT2D eigenvalue weighted by molar-refractivity contribution is -0.115. The molecule has 0 unspecified atom stereocenters. The summed E-state index contributed by atoms with van der Waals surface area (Å²) in [7, 11) is 2.14. The van der Waals surface area contributed by atoms with Gasteiger partial charge in [0.25, 0.3) is 5.91 Å². The maximum atomic E-state index is 12.9. The van der Waals surface area contributed by atoms with Crippen LogP contribution in [0.4, 0.5) is 11.4 Å². The molecule has 2 amide bonds. The molecule has 29 heavy (non-hydrogen) atoms. The second kappa shape index (κ2) is 8.63. The van der Waals surface area contributed by atoms with Crippen LogP contribution in [0.1, 0.15) is 15.9 Å². The number of nitrogens with one attached hydrogen (secondary N) is 2. The van der Waals surface area contributed by atoms with Crippen LogP contribution in [0.3, 0.4) is 0 Å². The van der Waals surface area contributed by atoms with E-state index in [1.807, 2.05) is 30.3 Å². The minimum atomic E-state index is -0.242. The molecular weight excluding hydrogens is 368 g/mol. The van der Waals surface area contributed by atoms with Crippen LogP contribution in [0.25, 0.3) is 0 Å². The van der Waals surface area contributed by atoms with Crippen LogP contribution in [0.5, 0.6) is 5.75 Å². The molecular formula is C22H26N4O3. The lowest BCUT2D eigenvalue weighted by Gasteiger charge is -2.32. The lowest BCUT2D eigenvalue weighted by atomic mass is 10.0. The third kappa shape index (κ3) is 4.58. The van der Waals surface area contributed by atoms with Crippen LogP contribution in [0.15, 0.2) is 42.5 Å². The van der Waals surface area contributed by atoms with Gasteiger partial charge in [-0.1, -0.05) is 18.2 Å². The summed E-state index contributed by atoms with van der Waals surface area (Å²) in [6.45, 7) is 5.66. The van der Waals surface area contributed by atoms with Crippen molar-refractivity contribution in [2.24, 2.45) is 0 Å². The van der Waals surface area contributed by atoms with Gasteiger partial charge in [0.15, 0.2) is 0 Å². The minimum Gasteiger partial charge on any atom is -0.490 e. The highest BCUT2D eigenvalue weighted by atomic mass is 16.5. The number of anilines is 2. The first-order valence-corrected chi connectivity index (χ1v) is 9.96. The Kier molecular flexibility index (Phi) is 5.78. The van der Waals surface area contributed by atoms with E-state index < -0.39 is 0 Å². The number of likely N-dealkylation sites (N-methyl/N-ethyl adjacent to an activating group) is 1. The van der Waals surface area contributed by atoms with Crippen molar-refractivity contribution in [1.82, 2.24) is 9.80 Å². The van der Waals surface area contributed by atoms with Crippen LogP contribution in [0.2, 0.25) is 0 Å². The van der Waals surface area contributed by atoms with Crippen molar-refractivity contribution >= 4 is 23.2 Å². The molecule has 0 aromatic heterocycles. The van der Waals surface area contributed by atoms with Gasteiger partial charge in [-0.3, -0.25) is 14.5 Å². The molecule has 2 N–H and O–H groups in total. The molecule has 0 bridgehead atoms. The fraction of sp³-hybridized carbons (Fsp3) is 0.364. The number of amides is 2. The minimum absolute atomic E-state index is 0.0899. The van der Waals surface area contributed by atoms with Gasteiger partial charge in [-0.15, -0.1) is 0 Å². The van der Waals surface area contributed by atoms with E-state index in [-0.39, 0.29) is 18.2 Å². The first-order chi connectivity index (χ1) is 14.1. The van der Waals surface area contributed by atoms with Crippen molar-refractivity contribution in [3.8, 4) is 5.75 Å². The Morgan fingerprint density at radius 2 is 1.90 bits per heavy atom. The van der Waals surface area contributed by atoms with E-state index in [0.29, 0.717) is 29.3 Å². The van der Waals surface area contributed by atoms with Crippen molar-refractivity contribution in [1.29, 1.82) is 0 Å². The molecule has 2 aliphatic heterocycles. The largest absolute Gasteiger partial charge is 0.490 e. The summed E-state index contributed by atoms with van der Waals surface area (Å²) < 4.78 is 5.98. The van der Waals surface area contributed by atoms with Crippen LogP contribution in [-0.4, -0.2) is 68.0 Å². The lowest BCUT2D eigenvalue weighted by Crippen LogP contribution is -2.45. The number of carbonyl (C=O) groups is 2. The first kappa shape index (κ1) is 19.4. The standard InChI is InChI=1S/C22H26N4O3/c1-25-9-11-26(12-10-25)13-14-29-20-8-3-2-6-19(20)24-22(28)16-5-4-7-18-17(16)15-21(27)23-18/h2-8H,9-15H2,1H3,(H,23,27)(H,24,28). The Morgan fingerprint density at radius 1 is 1.10 bits per heavy atom. The molecule has 152 valence electrons. The zero-order valence-corrected chi connectivity index (χ0v) is 16.6. The zero-order chi connectivity index (χ0) is 20.2. The number of benzene rings is 2. The number of ether oxygens (including phenoxy) is 1. The quantitative estimate of drug-likeness (QED) is 0.785. The van der Waals surface area contributed by atoms with Crippen LogP contribution >= 0.6 is 0 Å². The number of piperazine rings is 1. The van der Waals surface area contributed by atoms with Gasteiger partial charge in [0.05, 0.1) is 12.1 Å². The molecule has 0 radical (unpaired) electrons. The maximum Gasteiger partial charge on any atom is 0.256 e. The Balaban J connectivity index is 1.39. The Morgan fingerprint density at radius 3 is 2.72 bits per heavy atom. The molecule has 1 fully saturated rings. The van der Waals surface area contributed by atoms with Crippen molar-refractivity contribution in [3.63, 3.8) is 0 Å². The van der Waals surface area contributed by atoms with Crippen molar-refractivity contribution in [2.45, 2.75) is 6.42 Å². The highest BCUT2D eigenvalue weighted by Crippen LogP contribution is 2.29. The van der Waals surface area contributed by atoms with Gasteiger partial charge < -0.3 is 20.3 Å². The molecule has 2 aromatic rings. The van der Waals surface area contributed by atoms with E-state index in [9.17, 15) is 9.59 Å². The van der Waals surface area contributed by atoms with Gasteiger partial charge in [-0.2, -0.15) is 0 Å². The van der Waals surface area contributed by atoms with Gasteiger partial charge >= 0.3 is 0 Å². The number of hydrogen-bond donors (Lipinski definition) is 2. The Bertz CT molecular complexity index is 907. The Labute approximate surface area is 170 Å². The van der Waals surface area contributed by atoms with Gasteiger partial charge in [-0.05, 0) is 36.9 Å². The number of hydrogen-bond acceptors (Lipinski definition) is 5. The number of rotatable bonds is 6. The first-order valence-electron chi connectivity index (χ1n) is 9.96. The van der Waals surface area contributed by atoms with Gasteiger partial charge in [0.1, 0.15) is 12.4 Å². The molecule has 2 aliphatic rings. The molecule has 0 saturated carbocycles. The monoisotopic (exact) mass is 394 g/mol. The summed E-state index contributed by atoms with van der Waals surface area (Å²) in [5.74, 6) is 0.318. The van der Waals surface area contributed by atoms with E-state index in [2.05, 4.69) is 27.5 Å². The second-order valence-electron chi connectivity index (χ2n) is 7.50. The van der Waals surface area contributed by atoms with Gasteiger partial charge in [-0.25, -0.2) is 0 Å². The number of para-hydroxylation sites is 2. The fourth-order valence-electron chi connectivity index (χ4n) is 3.70. The number of carbonyl (C=O) groups excluding carboxylic acids is 2. The summed E-state index contributed by atoms with van der Waals surface area (Å²) in [6.07, 6.45) is 0.224. The third-order valence-corrected chi connectivity index (χ3v) is 5.43. The smallest absolute Gasteiger partial charge is 0.256 e. The van der Waals surface area contributed by atoms with Crippen molar-refractivity contribution in [2.75, 3.05) is 57.0 Å². The molecule has 0 spiro atoms. The van der Waals surface area contributed by atoms with Crippen molar-refractivity contribution in [3.05, 3.63) is 53.6 Å². The predicted octanol–water partition coefficient (Wildman–Crippen LogP) is 2.06. The molecule has 1 saturated heterocycles. The van der Waals surface area contributed by atoms with E-state index >= 15 is 0 Å². The van der Waals surface area contributed by atoms with Crippen molar-refractivity contribution < 1.29 is 14.3 Å². The molecule has 7 heteroatoms. The maximum absolute atomic E-state index is 12.9. The zero-order valence-electron chi connectivity index (χ0n) is 16.6. The highest BCUT2D eigenvalue weighted by Gasteiger charge is 2.24. The highest BCUT2D eigenvalue weighted by molar-refractivity contribution is 6.10. The van der Waals surface area contributed by atoms with Crippen LogP contribution in [0, 0.1) is 0 Å². The molecule has 0 aliphatic carbocycles. The molecule has 7 nitrogen and oxygen atoms in total. The number of fused-ring (bicyclic) bond motifs is 1. The molecule has 2 aromatic carbocycles. The van der Waals surface area contributed by atoms with E-state index in [4.69, 9.17) is 4.74 Å². The fourth-order valence-corrected chi connectivity index (χ4v) is 3.70. The average molecular weight is 394 g/mol. The molecule has 2 heterocycles. The Hall–Kier alpha value is -2.90. The van der Waals surface area contributed by atoms with E-state index in [1.165, 1.54) is 0 Å².